The second kappa shape index (κ2) is 10.9. The first-order valence-corrected chi connectivity index (χ1v) is 10.5. The predicted octanol–water partition coefficient (Wildman–Crippen LogP) is 1.71. The minimum atomic E-state index is -0.619. The van der Waals surface area contributed by atoms with Gasteiger partial charge in [0, 0.05) is 5.92 Å². The van der Waals surface area contributed by atoms with Gasteiger partial charge in [0.2, 0.25) is 11.8 Å². The lowest BCUT2D eigenvalue weighted by atomic mass is 9.96. The van der Waals surface area contributed by atoms with Gasteiger partial charge in [-0.2, -0.15) is 0 Å². The highest BCUT2D eigenvalue weighted by Crippen LogP contribution is 2.34. The minimum absolute atomic E-state index is 0.0356. The average Bonchev–Trinajstić information content (AvgIpc) is 3.02. The summed E-state index contributed by atoms with van der Waals surface area (Å²) < 4.78 is 10.1. The van der Waals surface area contributed by atoms with Crippen LogP contribution < -0.4 is 11.1 Å². The third kappa shape index (κ3) is 5.90. The number of amides is 2. The van der Waals surface area contributed by atoms with Crippen molar-refractivity contribution in [1.82, 2.24) is 4.90 Å². The summed E-state index contributed by atoms with van der Waals surface area (Å²) in [5, 5.41) is 2.96. The van der Waals surface area contributed by atoms with E-state index in [1.54, 1.807) is 13.8 Å². The molecule has 1 aromatic heterocycles. The predicted molar refractivity (Wildman–Crippen MR) is 112 cm³/mol. The smallest absolute Gasteiger partial charge is 0.348 e. The number of carbonyl (C=O) groups excluding carboxylic acids is 4. The van der Waals surface area contributed by atoms with E-state index in [-0.39, 0.29) is 52.9 Å². The van der Waals surface area contributed by atoms with Crippen molar-refractivity contribution in [2.75, 3.05) is 38.2 Å². The summed E-state index contributed by atoms with van der Waals surface area (Å²) in [7, 11) is 0. The van der Waals surface area contributed by atoms with Crippen molar-refractivity contribution in [2.45, 2.75) is 26.7 Å². The SMILES string of the molecule is C=CCOC(=O)c1sc(NC(=O)CN2CCC(C(N)=O)CC2)c(C(=O)OCC)c1C. The normalized spacial score (nSPS) is 14.7. The number of piperidine rings is 1. The van der Waals surface area contributed by atoms with Crippen molar-refractivity contribution in [3.8, 4) is 0 Å². The fraction of sp³-hybridized carbons (Fsp3) is 0.500. The lowest BCUT2D eigenvalue weighted by molar-refractivity contribution is -0.123. The van der Waals surface area contributed by atoms with Crippen LogP contribution in [0.2, 0.25) is 0 Å². The maximum Gasteiger partial charge on any atom is 0.348 e. The largest absolute Gasteiger partial charge is 0.462 e. The summed E-state index contributed by atoms with van der Waals surface area (Å²) in [5.74, 6) is -2.03. The zero-order chi connectivity index (χ0) is 22.3. The van der Waals surface area contributed by atoms with E-state index in [0.29, 0.717) is 31.5 Å². The van der Waals surface area contributed by atoms with Gasteiger partial charge in [-0.3, -0.25) is 14.5 Å². The van der Waals surface area contributed by atoms with E-state index in [2.05, 4.69) is 11.9 Å². The lowest BCUT2D eigenvalue weighted by Gasteiger charge is -2.29. The maximum atomic E-state index is 12.6. The molecule has 0 radical (unpaired) electrons. The number of ether oxygens (including phenoxy) is 2. The molecule has 30 heavy (non-hydrogen) atoms. The van der Waals surface area contributed by atoms with Gasteiger partial charge in [0.1, 0.15) is 16.5 Å². The number of esters is 2. The number of nitrogens with two attached hydrogens (primary N) is 1. The molecule has 2 heterocycles. The summed E-state index contributed by atoms with van der Waals surface area (Å²) in [4.78, 5) is 50.7. The zero-order valence-electron chi connectivity index (χ0n) is 17.2. The number of hydrogen-bond donors (Lipinski definition) is 2. The topological polar surface area (TPSA) is 128 Å². The first-order chi connectivity index (χ1) is 14.3. The van der Waals surface area contributed by atoms with Crippen LogP contribution >= 0.6 is 11.3 Å². The van der Waals surface area contributed by atoms with Crippen molar-refractivity contribution < 1.29 is 28.7 Å². The maximum absolute atomic E-state index is 12.6. The van der Waals surface area contributed by atoms with Gasteiger partial charge in [-0.25, -0.2) is 9.59 Å². The van der Waals surface area contributed by atoms with Crippen LogP contribution in [0.1, 0.15) is 45.4 Å². The van der Waals surface area contributed by atoms with Gasteiger partial charge >= 0.3 is 11.9 Å². The molecule has 0 spiro atoms. The molecule has 1 aliphatic rings. The van der Waals surface area contributed by atoms with E-state index in [1.807, 2.05) is 4.90 Å². The second-order valence-corrected chi connectivity index (χ2v) is 7.89. The van der Waals surface area contributed by atoms with Gasteiger partial charge in [-0.1, -0.05) is 12.7 Å². The minimum Gasteiger partial charge on any atom is -0.462 e. The van der Waals surface area contributed by atoms with E-state index >= 15 is 0 Å². The molecule has 0 saturated carbocycles. The Morgan fingerprint density at radius 2 is 1.90 bits per heavy atom. The highest BCUT2D eigenvalue weighted by atomic mass is 32.1. The molecule has 0 aromatic carbocycles. The Morgan fingerprint density at radius 3 is 2.47 bits per heavy atom. The van der Waals surface area contributed by atoms with E-state index < -0.39 is 11.9 Å². The van der Waals surface area contributed by atoms with E-state index in [4.69, 9.17) is 15.2 Å². The van der Waals surface area contributed by atoms with Crippen LogP contribution in [-0.2, 0) is 19.1 Å². The molecule has 1 saturated heterocycles. The van der Waals surface area contributed by atoms with Gasteiger partial charge in [0.15, 0.2) is 0 Å². The Morgan fingerprint density at radius 1 is 1.23 bits per heavy atom. The first-order valence-electron chi connectivity index (χ1n) is 9.68. The number of hydrogen-bond acceptors (Lipinski definition) is 8. The van der Waals surface area contributed by atoms with Gasteiger partial charge in [-0.05, 0) is 45.3 Å². The molecule has 1 aliphatic heterocycles. The molecule has 1 fully saturated rings. The quantitative estimate of drug-likeness (QED) is 0.444. The molecule has 164 valence electrons. The number of nitrogens with one attached hydrogen (secondary N) is 1. The van der Waals surface area contributed by atoms with Crippen LogP contribution in [0.5, 0.6) is 0 Å². The van der Waals surface area contributed by atoms with E-state index in [0.717, 1.165) is 11.3 Å². The van der Waals surface area contributed by atoms with Gasteiger partial charge in [0.05, 0.1) is 18.7 Å². The van der Waals surface area contributed by atoms with Crippen molar-refractivity contribution in [3.63, 3.8) is 0 Å². The number of nitrogens with zero attached hydrogens (tertiary/aromatic N) is 1. The average molecular weight is 438 g/mol. The molecule has 10 heteroatoms. The van der Waals surface area contributed by atoms with Gasteiger partial charge in [0.25, 0.3) is 0 Å². The Hall–Kier alpha value is -2.72. The summed E-state index contributed by atoms with van der Waals surface area (Å²) in [6.45, 7) is 8.23. The van der Waals surface area contributed by atoms with Gasteiger partial charge < -0.3 is 20.5 Å². The number of carbonyl (C=O) groups is 4. The van der Waals surface area contributed by atoms with E-state index in [1.165, 1.54) is 6.08 Å². The third-order valence-corrected chi connectivity index (χ3v) is 5.94. The van der Waals surface area contributed by atoms with Crippen molar-refractivity contribution in [3.05, 3.63) is 28.7 Å². The van der Waals surface area contributed by atoms with Crippen LogP contribution in [0.3, 0.4) is 0 Å². The summed E-state index contributed by atoms with van der Waals surface area (Å²) in [5.41, 5.74) is 5.87. The van der Waals surface area contributed by atoms with Crippen LogP contribution in [0, 0.1) is 12.8 Å². The summed E-state index contributed by atoms with van der Waals surface area (Å²) >= 11 is 0.972. The third-order valence-electron chi connectivity index (χ3n) is 4.75. The molecule has 0 atom stereocenters. The monoisotopic (exact) mass is 437 g/mol. The molecule has 9 nitrogen and oxygen atoms in total. The van der Waals surface area contributed by atoms with Crippen molar-refractivity contribution in [1.29, 1.82) is 0 Å². The summed E-state index contributed by atoms with van der Waals surface area (Å²) in [6.07, 6.45) is 2.65. The van der Waals surface area contributed by atoms with Gasteiger partial charge in [-0.15, -0.1) is 11.3 Å². The Balaban J connectivity index is 2.13. The number of rotatable bonds is 9. The molecule has 0 bridgehead atoms. The number of likely N-dealkylation sites (tertiary alicyclic amines) is 1. The molecular weight excluding hydrogens is 410 g/mol. The fourth-order valence-electron chi connectivity index (χ4n) is 3.19. The first kappa shape index (κ1) is 23.6. The number of primary amides is 1. The van der Waals surface area contributed by atoms with Crippen molar-refractivity contribution >= 4 is 40.1 Å². The molecule has 0 aliphatic carbocycles. The lowest BCUT2D eigenvalue weighted by Crippen LogP contribution is -2.42. The van der Waals surface area contributed by atoms with Crippen LogP contribution in [0.25, 0.3) is 0 Å². The van der Waals surface area contributed by atoms with Crippen LogP contribution in [0.4, 0.5) is 5.00 Å². The molecule has 0 unspecified atom stereocenters. The van der Waals surface area contributed by atoms with Crippen LogP contribution in [-0.4, -0.2) is 61.5 Å². The molecule has 3 N–H and O–H groups in total. The highest BCUT2D eigenvalue weighted by molar-refractivity contribution is 7.18. The molecular formula is C20H27N3O6S. The Kier molecular flexibility index (Phi) is 8.55. The Bertz CT molecular complexity index is 827. The molecule has 1 aromatic rings. The Labute approximate surface area is 179 Å². The van der Waals surface area contributed by atoms with Crippen molar-refractivity contribution in [2.24, 2.45) is 11.7 Å². The van der Waals surface area contributed by atoms with E-state index in [9.17, 15) is 19.2 Å². The number of thiophene rings is 1. The molecule has 2 amide bonds. The second-order valence-electron chi connectivity index (χ2n) is 6.87. The van der Waals surface area contributed by atoms with Crippen LogP contribution in [0.15, 0.2) is 12.7 Å². The zero-order valence-corrected chi connectivity index (χ0v) is 18.0. The highest BCUT2D eigenvalue weighted by Gasteiger charge is 2.28. The fourth-order valence-corrected chi connectivity index (χ4v) is 4.30. The number of anilines is 1. The summed E-state index contributed by atoms with van der Waals surface area (Å²) in [6, 6.07) is 0. The standard InChI is InChI=1S/C20H27N3O6S/c1-4-10-29-20(27)16-12(3)15(19(26)28-5-2)18(30-16)22-14(24)11-23-8-6-13(7-9-23)17(21)25/h4,13H,1,5-11H2,2-3H3,(H2,21,25)(H,22,24). The molecule has 2 rings (SSSR count).